The average molecular weight is 404 g/mol. The molecule has 0 amide bonds. The number of Topliss-reactive ketones (excluding diaryl/α,β-unsaturated/α-hetero) is 1. The summed E-state index contributed by atoms with van der Waals surface area (Å²) in [5, 5.41) is 0. The van der Waals surface area contributed by atoms with E-state index >= 15 is 0 Å². The van der Waals surface area contributed by atoms with Crippen LogP contribution >= 0.6 is 0 Å². The first-order valence-electron chi connectivity index (χ1n) is 12.1. The molecule has 3 aliphatic rings. The molecule has 0 aromatic heterocycles. The SMILES string of the molecule is CCCCN(CCCC)C12CC(=O)C([C@H](c3ccccc3)C1)[C@H](c1ccccc1)C2. The zero-order valence-electron chi connectivity index (χ0n) is 18.7. The van der Waals surface area contributed by atoms with Crippen molar-refractivity contribution in [3.63, 3.8) is 0 Å². The predicted molar refractivity (Wildman–Crippen MR) is 125 cm³/mol. The van der Waals surface area contributed by atoms with Gasteiger partial charge in [0.25, 0.3) is 0 Å². The molecule has 2 nitrogen and oxygen atoms in total. The summed E-state index contributed by atoms with van der Waals surface area (Å²) in [4.78, 5) is 16.4. The highest BCUT2D eigenvalue weighted by Gasteiger charge is 2.57. The summed E-state index contributed by atoms with van der Waals surface area (Å²) in [7, 11) is 0. The van der Waals surface area contributed by atoms with Gasteiger partial charge in [-0.05, 0) is 61.7 Å². The maximum Gasteiger partial charge on any atom is 0.139 e. The van der Waals surface area contributed by atoms with Gasteiger partial charge in [-0.2, -0.15) is 0 Å². The number of carbonyl (C=O) groups is 1. The van der Waals surface area contributed by atoms with Gasteiger partial charge in [0, 0.05) is 17.9 Å². The highest BCUT2D eigenvalue weighted by Crippen LogP contribution is 2.58. The average Bonchev–Trinajstić information content (AvgIpc) is 2.80. The monoisotopic (exact) mass is 403 g/mol. The van der Waals surface area contributed by atoms with Crippen molar-refractivity contribution in [1.29, 1.82) is 0 Å². The first kappa shape index (κ1) is 21.3. The summed E-state index contributed by atoms with van der Waals surface area (Å²) >= 11 is 0. The third kappa shape index (κ3) is 4.12. The van der Waals surface area contributed by atoms with E-state index in [2.05, 4.69) is 79.4 Å². The van der Waals surface area contributed by atoms with E-state index in [0.29, 0.717) is 17.6 Å². The van der Waals surface area contributed by atoms with Crippen molar-refractivity contribution in [3.05, 3.63) is 71.8 Å². The van der Waals surface area contributed by atoms with E-state index in [9.17, 15) is 4.79 Å². The predicted octanol–water partition coefficient (Wildman–Crippen LogP) is 6.58. The van der Waals surface area contributed by atoms with Gasteiger partial charge in [-0.15, -0.1) is 0 Å². The Morgan fingerprint density at radius 3 is 1.70 bits per heavy atom. The summed E-state index contributed by atoms with van der Waals surface area (Å²) in [5.41, 5.74) is 2.72. The molecule has 2 heteroatoms. The van der Waals surface area contributed by atoms with Gasteiger partial charge in [0.15, 0.2) is 0 Å². The summed E-state index contributed by atoms with van der Waals surface area (Å²) < 4.78 is 0. The lowest BCUT2D eigenvalue weighted by Gasteiger charge is -2.58. The molecule has 3 saturated carbocycles. The van der Waals surface area contributed by atoms with Crippen molar-refractivity contribution in [1.82, 2.24) is 4.90 Å². The molecule has 2 aromatic carbocycles. The topological polar surface area (TPSA) is 20.3 Å². The molecule has 160 valence electrons. The number of rotatable bonds is 9. The van der Waals surface area contributed by atoms with Crippen LogP contribution in [0.3, 0.4) is 0 Å². The van der Waals surface area contributed by atoms with Crippen LogP contribution in [0.1, 0.15) is 81.8 Å². The Bertz CT molecular complexity index is 758. The van der Waals surface area contributed by atoms with Gasteiger partial charge in [-0.1, -0.05) is 87.4 Å². The molecule has 0 radical (unpaired) electrons. The normalized spacial score (nSPS) is 28.2. The number of nitrogens with zero attached hydrogens (tertiary/aromatic N) is 1. The van der Waals surface area contributed by atoms with Crippen LogP contribution in [0, 0.1) is 5.92 Å². The molecule has 3 fully saturated rings. The van der Waals surface area contributed by atoms with E-state index in [1.807, 2.05) is 0 Å². The van der Waals surface area contributed by atoms with E-state index in [4.69, 9.17) is 0 Å². The Balaban J connectivity index is 1.76. The second-order valence-corrected chi connectivity index (χ2v) is 9.53. The fraction of sp³-hybridized carbons (Fsp3) is 0.536. The van der Waals surface area contributed by atoms with E-state index in [1.165, 1.54) is 36.8 Å². The van der Waals surface area contributed by atoms with Crippen molar-refractivity contribution in [2.24, 2.45) is 5.92 Å². The minimum Gasteiger partial charge on any atom is -0.299 e. The molecule has 0 unspecified atom stereocenters. The maximum atomic E-state index is 13.7. The molecule has 0 aliphatic heterocycles. The second kappa shape index (κ2) is 9.47. The molecule has 2 aromatic rings. The molecule has 2 bridgehead atoms. The number of carbonyl (C=O) groups excluding carboxylic acids is 1. The van der Waals surface area contributed by atoms with Crippen LogP contribution in [0.25, 0.3) is 0 Å². The summed E-state index contributed by atoms with van der Waals surface area (Å²) in [6.45, 7) is 6.80. The van der Waals surface area contributed by atoms with Gasteiger partial charge in [-0.25, -0.2) is 0 Å². The molecule has 5 rings (SSSR count). The first-order chi connectivity index (χ1) is 14.7. The fourth-order valence-corrected chi connectivity index (χ4v) is 6.18. The van der Waals surface area contributed by atoms with E-state index in [-0.39, 0.29) is 11.5 Å². The van der Waals surface area contributed by atoms with Gasteiger partial charge in [0.2, 0.25) is 0 Å². The Morgan fingerprint density at radius 2 is 1.27 bits per heavy atom. The number of unbranched alkanes of at least 4 members (excludes halogenated alkanes) is 2. The van der Waals surface area contributed by atoms with Crippen LogP contribution in [0.5, 0.6) is 0 Å². The third-order valence-corrected chi connectivity index (χ3v) is 7.63. The van der Waals surface area contributed by atoms with Gasteiger partial charge in [0.1, 0.15) is 5.78 Å². The number of hydrogen-bond donors (Lipinski definition) is 0. The molecular formula is C28H37NO. The maximum absolute atomic E-state index is 13.7. The van der Waals surface area contributed by atoms with E-state index in [0.717, 1.165) is 32.4 Å². The zero-order chi connectivity index (χ0) is 21.0. The molecule has 30 heavy (non-hydrogen) atoms. The van der Waals surface area contributed by atoms with Crippen molar-refractivity contribution in [3.8, 4) is 0 Å². The van der Waals surface area contributed by atoms with Crippen LogP contribution in [-0.4, -0.2) is 29.3 Å². The standard InChI is InChI=1S/C28H37NO/c1-3-5-17-29(18-6-4-2)28-19-24(22-13-9-7-10-14-22)27(26(30)21-28)25(20-28)23-15-11-8-12-16-23/h7-16,24-25,27H,3-6,17-21H2,1-2H3/t24-,25-,27?,28?/m0/s1. The molecular weight excluding hydrogens is 366 g/mol. The lowest BCUT2D eigenvalue weighted by molar-refractivity contribution is -0.140. The third-order valence-electron chi connectivity index (χ3n) is 7.63. The summed E-state index contributed by atoms with van der Waals surface area (Å²) in [6.07, 6.45) is 7.86. The van der Waals surface area contributed by atoms with Gasteiger partial charge >= 0.3 is 0 Å². The Labute approximate surface area is 182 Å². The largest absolute Gasteiger partial charge is 0.299 e. The molecule has 0 heterocycles. The van der Waals surface area contributed by atoms with Gasteiger partial charge in [0.05, 0.1) is 0 Å². The van der Waals surface area contributed by atoms with Crippen molar-refractivity contribution in [2.45, 2.75) is 76.2 Å². The van der Waals surface area contributed by atoms with E-state index in [1.54, 1.807) is 0 Å². The molecule has 0 saturated heterocycles. The zero-order valence-corrected chi connectivity index (χ0v) is 18.7. The molecule has 2 atom stereocenters. The Hall–Kier alpha value is -1.93. The minimum atomic E-state index is 0.0111. The second-order valence-electron chi connectivity index (χ2n) is 9.53. The summed E-state index contributed by atoms with van der Waals surface area (Å²) in [6, 6.07) is 21.7. The van der Waals surface area contributed by atoms with Crippen LogP contribution < -0.4 is 0 Å². The van der Waals surface area contributed by atoms with Crippen LogP contribution in [0.2, 0.25) is 0 Å². The number of benzene rings is 2. The lowest BCUT2D eigenvalue weighted by atomic mass is 9.52. The van der Waals surface area contributed by atoms with Crippen molar-refractivity contribution in [2.75, 3.05) is 13.1 Å². The Morgan fingerprint density at radius 1 is 0.800 bits per heavy atom. The smallest absolute Gasteiger partial charge is 0.139 e. The summed E-state index contributed by atoms with van der Waals surface area (Å²) in [5.74, 6) is 1.28. The number of fused-ring (bicyclic) bond motifs is 3. The number of ketones is 1. The van der Waals surface area contributed by atoms with Crippen molar-refractivity contribution >= 4 is 5.78 Å². The highest BCUT2D eigenvalue weighted by atomic mass is 16.1. The van der Waals surface area contributed by atoms with Crippen LogP contribution in [0.4, 0.5) is 0 Å². The minimum absolute atomic E-state index is 0.0111. The molecule has 0 spiro atoms. The fourth-order valence-electron chi connectivity index (χ4n) is 6.18. The van der Waals surface area contributed by atoms with Gasteiger partial charge < -0.3 is 0 Å². The van der Waals surface area contributed by atoms with Gasteiger partial charge in [-0.3, -0.25) is 9.69 Å². The highest BCUT2D eigenvalue weighted by molar-refractivity contribution is 5.86. The van der Waals surface area contributed by atoms with Crippen LogP contribution in [-0.2, 0) is 4.79 Å². The Kier molecular flexibility index (Phi) is 6.73. The quantitative estimate of drug-likeness (QED) is 0.471. The first-order valence-corrected chi connectivity index (χ1v) is 12.1. The van der Waals surface area contributed by atoms with E-state index < -0.39 is 0 Å². The molecule has 3 aliphatic carbocycles. The lowest BCUT2D eigenvalue weighted by Crippen LogP contribution is -2.61. The van der Waals surface area contributed by atoms with Crippen LogP contribution in [0.15, 0.2) is 60.7 Å². The number of hydrogen-bond acceptors (Lipinski definition) is 2. The van der Waals surface area contributed by atoms with Crippen molar-refractivity contribution < 1.29 is 4.79 Å². The molecule has 0 N–H and O–H groups in total.